The molecular weight excluding hydrogens is 248 g/mol. The van der Waals surface area contributed by atoms with Crippen molar-refractivity contribution in [3.05, 3.63) is 29.8 Å². The Hall–Kier alpha value is -1.71. The minimum absolute atomic E-state index is 0.618. The predicted octanol–water partition coefficient (Wildman–Crippen LogP) is 2.12. The standard InChI is InChI=1S/C16H28N4/c1-13(2)12-19-16(17-3)18-11-10-14-6-8-15(9-7-14)20(4)5/h6-9,13H,10-12H2,1-5H3,(H2,17,18,19). The van der Waals surface area contributed by atoms with E-state index in [2.05, 4.69) is 72.7 Å². The van der Waals surface area contributed by atoms with Crippen LogP contribution >= 0.6 is 0 Å². The van der Waals surface area contributed by atoms with Crippen LogP contribution in [0.25, 0.3) is 0 Å². The van der Waals surface area contributed by atoms with Crippen LogP contribution in [0.15, 0.2) is 29.3 Å². The first-order valence-corrected chi connectivity index (χ1v) is 7.23. The number of hydrogen-bond acceptors (Lipinski definition) is 2. The molecule has 0 heterocycles. The van der Waals surface area contributed by atoms with E-state index in [1.165, 1.54) is 11.3 Å². The number of rotatable bonds is 6. The van der Waals surface area contributed by atoms with Gasteiger partial charge in [0, 0.05) is 39.9 Å². The summed E-state index contributed by atoms with van der Waals surface area (Å²) in [4.78, 5) is 6.33. The molecule has 0 fully saturated rings. The van der Waals surface area contributed by atoms with Crippen LogP contribution in [-0.2, 0) is 6.42 Å². The molecule has 0 spiro atoms. The molecule has 0 radical (unpaired) electrons. The number of nitrogens with one attached hydrogen (secondary N) is 2. The zero-order valence-electron chi connectivity index (χ0n) is 13.4. The van der Waals surface area contributed by atoms with Gasteiger partial charge in [0.25, 0.3) is 0 Å². The summed E-state index contributed by atoms with van der Waals surface area (Å²) in [6.45, 7) is 6.20. The van der Waals surface area contributed by atoms with E-state index in [0.29, 0.717) is 5.92 Å². The summed E-state index contributed by atoms with van der Waals surface area (Å²) >= 11 is 0. The average Bonchev–Trinajstić information content (AvgIpc) is 2.42. The predicted molar refractivity (Wildman–Crippen MR) is 88.7 cm³/mol. The summed E-state index contributed by atoms with van der Waals surface area (Å²) < 4.78 is 0. The Morgan fingerprint density at radius 2 is 1.80 bits per heavy atom. The number of guanidine groups is 1. The van der Waals surface area contributed by atoms with Crippen LogP contribution in [0.1, 0.15) is 19.4 Å². The second-order valence-corrected chi connectivity index (χ2v) is 5.58. The molecule has 0 saturated carbocycles. The van der Waals surface area contributed by atoms with E-state index >= 15 is 0 Å². The first-order chi connectivity index (χ1) is 9.52. The molecule has 0 aromatic heterocycles. The van der Waals surface area contributed by atoms with E-state index in [1.807, 2.05) is 7.05 Å². The first-order valence-electron chi connectivity index (χ1n) is 7.23. The fourth-order valence-electron chi connectivity index (χ4n) is 1.81. The first kappa shape index (κ1) is 16.3. The molecule has 0 bridgehead atoms. The highest BCUT2D eigenvalue weighted by Gasteiger charge is 2.00. The Morgan fingerprint density at radius 3 is 2.30 bits per heavy atom. The SMILES string of the molecule is CN=C(NCCc1ccc(N(C)C)cc1)NCC(C)C. The fourth-order valence-corrected chi connectivity index (χ4v) is 1.81. The minimum atomic E-state index is 0.618. The second kappa shape index (κ2) is 8.46. The molecule has 2 N–H and O–H groups in total. The van der Waals surface area contributed by atoms with Gasteiger partial charge in [0.15, 0.2) is 5.96 Å². The van der Waals surface area contributed by atoms with Gasteiger partial charge in [0.1, 0.15) is 0 Å². The molecule has 0 amide bonds. The Morgan fingerprint density at radius 1 is 1.15 bits per heavy atom. The maximum Gasteiger partial charge on any atom is 0.190 e. The van der Waals surface area contributed by atoms with Crippen LogP contribution in [0.3, 0.4) is 0 Å². The van der Waals surface area contributed by atoms with E-state index in [-0.39, 0.29) is 0 Å². The molecule has 1 aromatic rings. The average molecular weight is 276 g/mol. The molecule has 0 unspecified atom stereocenters. The van der Waals surface area contributed by atoms with E-state index in [1.54, 1.807) is 0 Å². The summed E-state index contributed by atoms with van der Waals surface area (Å²) in [5.41, 5.74) is 2.57. The lowest BCUT2D eigenvalue weighted by Gasteiger charge is -2.14. The van der Waals surface area contributed by atoms with Gasteiger partial charge < -0.3 is 15.5 Å². The quantitative estimate of drug-likeness (QED) is 0.617. The van der Waals surface area contributed by atoms with Crippen LogP contribution < -0.4 is 15.5 Å². The molecule has 0 aliphatic heterocycles. The summed E-state index contributed by atoms with van der Waals surface area (Å²) in [6.07, 6.45) is 0.996. The fraction of sp³-hybridized carbons (Fsp3) is 0.562. The molecule has 1 aromatic carbocycles. The monoisotopic (exact) mass is 276 g/mol. The van der Waals surface area contributed by atoms with Crippen molar-refractivity contribution in [1.29, 1.82) is 0 Å². The van der Waals surface area contributed by atoms with Crippen molar-refractivity contribution < 1.29 is 0 Å². The molecule has 112 valence electrons. The maximum atomic E-state index is 4.22. The van der Waals surface area contributed by atoms with Crippen molar-refractivity contribution in [2.75, 3.05) is 39.1 Å². The zero-order chi connectivity index (χ0) is 15.0. The van der Waals surface area contributed by atoms with Crippen LogP contribution in [0, 0.1) is 5.92 Å². The summed E-state index contributed by atoms with van der Waals surface area (Å²) in [5.74, 6) is 1.50. The molecule has 20 heavy (non-hydrogen) atoms. The molecule has 0 atom stereocenters. The molecule has 0 aliphatic rings. The van der Waals surface area contributed by atoms with Gasteiger partial charge in [-0.25, -0.2) is 0 Å². The van der Waals surface area contributed by atoms with E-state index in [9.17, 15) is 0 Å². The third kappa shape index (κ3) is 5.95. The van der Waals surface area contributed by atoms with Gasteiger partial charge >= 0.3 is 0 Å². The van der Waals surface area contributed by atoms with Crippen LogP contribution in [-0.4, -0.2) is 40.2 Å². The number of benzene rings is 1. The van der Waals surface area contributed by atoms with Gasteiger partial charge in [-0.15, -0.1) is 0 Å². The number of anilines is 1. The van der Waals surface area contributed by atoms with Crippen LogP contribution in [0.4, 0.5) is 5.69 Å². The molecule has 4 heteroatoms. The smallest absolute Gasteiger partial charge is 0.190 e. The van der Waals surface area contributed by atoms with Crippen molar-refractivity contribution in [2.24, 2.45) is 10.9 Å². The number of nitrogens with zero attached hydrogens (tertiary/aromatic N) is 2. The number of hydrogen-bond donors (Lipinski definition) is 2. The van der Waals surface area contributed by atoms with Gasteiger partial charge in [-0.05, 0) is 30.0 Å². The normalized spacial score (nSPS) is 11.6. The van der Waals surface area contributed by atoms with Crippen molar-refractivity contribution in [3.8, 4) is 0 Å². The topological polar surface area (TPSA) is 39.7 Å². The Bertz CT molecular complexity index is 407. The van der Waals surface area contributed by atoms with Gasteiger partial charge in [-0.3, -0.25) is 4.99 Å². The lowest BCUT2D eigenvalue weighted by molar-refractivity contribution is 0.614. The van der Waals surface area contributed by atoms with E-state index in [4.69, 9.17) is 0 Å². The Labute approximate surface area is 123 Å². The molecule has 4 nitrogen and oxygen atoms in total. The summed E-state index contributed by atoms with van der Waals surface area (Å²) in [6, 6.07) is 8.67. The van der Waals surface area contributed by atoms with Crippen molar-refractivity contribution in [1.82, 2.24) is 10.6 Å². The van der Waals surface area contributed by atoms with Crippen molar-refractivity contribution >= 4 is 11.6 Å². The minimum Gasteiger partial charge on any atom is -0.378 e. The molecule has 0 saturated heterocycles. The van der Waals surface area contributed by atoms with E-state index in [0.717, 1.165) is 25.5 Å². The van der Waals surface area contributed by atoms with E-state index < -0.39 is 0 Å². The lowest BCUT2D eigenvalue weighted by Crippen LogP contribution is -2.39. The van der Waals surface area contributed by atoms with Crippen molar-refractivity contribution in [2.45, 2.75) is 20.3 Å². The van der Waals surface area contributed by atoms with Gasteiger partial charge in [-0.1, -0.05) is 26.0 Å². The third-order valence-electron chi connectivity index (χ3n) is 3.06. The van der Waals surface area contributed by atoms with Gasteiger partial charge in [-0.2, -0.15) is 0 Å². The van der Waals surface area contributed by atoms with Crippen LogP contribution in [0.5, 0.6) is 0 Å². The summed E-state index contributed by atoms with van der Waals surface area (Å²) in [7, 11) is 5.92. The van der Waals surface area contributed by atoms with Crippen molar-refractivity contribution in [3.63, 3.8) is 0 Å². The highest BCUT2D eigenvalue weighted by Crippen LogP contribution is 2.12. The highest BCUT2D eigenvalue weighted by molar-refractivity contribution is 5.79. The van der Waals surface area contributed by atoms with Gasteiger partial charge in [0.05, 0.1) is 0 Å². The molecular formula is C16H28N4. The Kier molecular flexibility index (Phi) is 6.91. The third-order valence-corrected chi connectivity index (χ3v) is 3.06. The number of aliphatic imine (C=N–C) groups is 1. The molecule has 0 aliphatic carbocycles. The highest BCUT2D eigenvalue weighted by atomic mass is 15.2. The molecule has 1 rings (SSSR count). The second-order valence-electron chi connectivity index (χ2n) is 5.58. The maximum absolute atomic E-state index is 4.22. The van der Waals surface area contributed by atoms with Crippen LogP contribution in [0.2, 0.25) is 0 Å². The zero-order valence-corrected chi connectivity index (χ0v) is 13.4. The lowest BCUT2D eigenvalue weighted by atomic mass is 10.1. The van der Waals surface area contributed by atoms with Gasteiger partial charge in [0.2, 0.25) is 0 Å². The summed E-state index contributed by atoms with van der Waals surface area (Å²) in [5, 5.41) is 6.65. The Balaban J connectivity index is 2.35. The largest absolute Gasteiger partial charge is 0.378 e.